The molecular formula is C16H23FN2O2S. The number of rotatable bonds is 7. The predicted octanol–water partition coefficient (Wildman–Crippen LogP) is 2.19. The second-order valence-corrected chi connectivity index (χ2v) is 6.46. The second kappa shape index (κ2) is 9.00. The van der Waals surface area contributed by atoms with Crippen LogP contribution in [0.3, 0.4) is 0 Å². The maximum absolute atomic E-state index is 13.6. The van der Waals surface area contributed by atoms with E-state index in [1.807, 2.05) is 18.7 Å². The molecule has 0 spiro atoms. The van der Waals surface area contributed by atoms with E-state index in [2.05, 4.69) is 10.6 Å². The molecule has 1 heterocycles. The first-order chi connectivity index (χ1) is 10.7. The fourth-order valence-electron chi connectivity index (χ4n) is 2.26. The summed E-state index contributed by atoms with van der Waals surface area (Å²) >= 11 is 1.87. The van der Waals surface area contributed by atoms with Crippen LogP contribution in [0.2, 0.25) is 0 Å². The van der Waals surface area contributed by atoms with Crippen molar-refractivity contribution in [1.82, 2.24) is 10.6 Å². The zero-order chi connectivity index (χ0) is 15.8. The maximum atomic E-state index is 13.6. The lowest BCUT2D eigenvalue weighted by Gasteiger charge is -2.23. The van der Waals surface area contributed by atoms with Crippen LogP contribution in [0, 0.1) is 5.82 Å². The lowest BCUT2D eigenvalue weighted by molar-refractivity contribution is -0.121. The molecule has 1 aliphatic rings. The molecule has 0 aliphatic carbocycles. The van der Waals surface area contributed by atoms with E-state index in [9.17, 15) is 9.18 Å². The molecular weight excluding hydrogens is 303 g/mol. The van der Waals surface area contributed by atoms with Gasteiger partial charge >= 0.3 is 0 Å². The second-order valence-electron chi connectivity index (χ2n) is 5.31. The first-order valence-electron chi connectivity index (χ1n) is 7.68. The smallest absolute Gasteiger partial charge is 0.221 e. The lowest BCUT2D eigenvalue weighted by Crippen LogP contribution is -2.43. The number of nitrogens with one attached hydrogen (secondary N) is 2. The molecule has 122 valence electrons. The third kappa shape index (κ3) is 5.50. The Morgan fingerprint density at radius 2 is 2.36 bits per heavy atom. The average molecular weight is 326 g/mol. The Morgan fingerprint density at radius 3 is 3.05 bits per heavy atom. The van der Waals surface area contributed by atoms with E-state index in [0.717, 1.165) is 18.1 Å². The van der Waals surface area contributed by atoms with Gasteiger partial charge in [-0.05, 0) is 18.6 Å². The van der Waals surface area contributed by atoms with E-state index in [1.54, 1.807) is 18.2 Å². The van der Waals surface area contributed by atoms with Crippen molar-refractivity contribution in [2.75, 3.05) is 24.6 Å². The number of para-hydroxylation sites is 1. The molecule has 1 fully saturated rings. The van der Waals surface area contributed by atoms with E-state index in [0.29, 0.717) is 19.4 Å². The molecule has 0 aromatic heterocycles. The van der Waals surface area contributed by atoms with Crippen molar-refractivity contribution in [3.63, 3.8) is 0 Å². The first kappa shape index (κ1) is 17.1. The largest absolute Gasteiger partial charge is 0.486 e. The normalized spacial score (nSPS) is 19.5. The van der Waals surface area contributed by atoms with Crippen LogP contribution in [0.25, 0.3) is 0 Å². The van der Waals surface area contributed by atoms with Crippen molar-refractivity contribution >= 4 is 17.7 Å². The zero-order valence-electron chi connectivity index (χ0n) is 12.8. The zero-order valence-corrected chi connectivity index (χ0v) is 13.6. The summed E-state index contributed by atoms with van der Waals surface area (Å²) in [6, 6.07) is 6.57. The predicted molar refractivity (Wildman–Crippen MR) is 87.8 cm³/mol. The van der Waals surface area contributed by atoms with E-state index >= 15 is 0 Å². The van der Waals surface area contributed by atoms with Crippen molar-refractivity contribution in [3.05, 3.63) is 30.1 Å². The summed E-state index contributed by atoms with van der Waals surface area (Å²) in [4.78, 5) is 12.0. The molecule has 0 bridgehead atoms. The molecule has 1 amide bonds. The van der Waals surface area contributed by atoms with Crippen molar-refractivity contribution in [2.24, 2.45) is 0 Å². The summed E-state index contributed by atoms with van der Waals surface area (Å²) in [7, 11) is 0. The summed E-state index contributed by atoms with van der Waals surface area (Å²) in [5, 5.41) is 6.22. The van der Waals surface area contributed by atoms with Crippen LogP contribution in [0.1, 0.15) is 19.8 Å². The lowest BCUT2D eigenvalue weighted by atomic mass is 10.2. The van der Waals surface area contributed by atoms with Gasteiger partial charge in [0, 0.05) is 30.5 Å². The van der Waals surface area contributed by atoms with Gasteiger partial charge in [-0.2, -0.15) is 11.8 Å². The van der Waals surface area contributed by atoms with Crippen LogP contribution in [-0.4, -0.2) is 42.6 Å². The Kier molecular flexibility index (Phi) is 6.99. The number of hydrogen-bond donors (Lipinski definition) is 2. The minimum atomic E-state index is -0.379. The topological polar surface area (TPSA) is 50.4 Å². The monoisotopic (exact) mass is 326 g/mol. The van der Waals surface area contributed by atoms with Gasteiger partial charge in [0.2, 0.25) is 5.91 Å². The highest BCUT2D eigenvalue weighted by Gasteiger charge is 2.18. The fraction of sp³-hybridized carbons (Fsp3) is 0.562. The molecule has 2 atom stereocenters. The molecule has 0 radical (unpaired) electrons. The molecule has 22 heavy (non-hydrogen) atoms. The highest BCUT2D eigenvalue weighted by molar-refractivity contribution is 7.99. The number of carbonyl (C=O) groups excluding carboxylic acids is 1. The minimum Gasteiger partial charge on any atom is -0.486 e. The van der Waals surface area contributed by atoms with Crippen LogP contribution in [0.15, 0.2) is 24.3 Å². The molecule has 4 nitrogen and oxygen atoms in total. The van der Waals surface area contributed by atoms with Gasteiger partial charge in [0.1, 0.15) is 6.10 Å². The van der Waals surface area contributed by atoms with E-state index < -0.39 is 0 Å². The summed E-state index contributed by atoms with van der Waals surface area (Å²) in [5.41, 5.74) is 0. The van der Waals surface area contributed by atoms with Crippen molar-refractivity contribution in [3.8, 4) is 5.75 Å². The summed E-state index contributed by atoms with van der Waals surface area (Å²) in [6.45, 7) is 3.30. The molecule has 6 heteroatoms. The van der Waals surface area contributed by atoms with Gasteiger partial charge in [-0.25, -0.2) is 4.39 Å². The van der Waals surface area contributed by atoms with Gasteiger partial charge in [0.15, 0.2) is 11.6 Å². The Morgan fingerprint density at radius 1 is 1.55 bits per heavy atom. The Hall–Kier alpha value is -1.27. The third-order valence-electron chi connectivity index (χ3n) is 3.54. The number of benzene rings is 1. The minimum absolute atomic E-state index is 0.00980. The van der Waals surface area contributed by atoms with Gasteiger partial charge in [-0.15, -0.1) is 0 Å². The summed E-state index contributed by atoms with van der Waals surface area (Å²) in [5.74, 6) is 1.93. The highest BCUT2D eigenvalue weighted by Crippen LogP contribution is 2.17. The molecule has 1 aromatic carbocycles. The van der Waals surface area contributed by atoms with Gasteiger partial charge in [0.25, 0.3) is 0 Å². The van der Waals surface area contributed by atoms with Crippen LogP contribution < -0.4 is 15.4 Å². The summed E-state index contributed by atoms with van der Waals surface area (Å²) < 4.78 is 19.2. The molecule has 0 saturated carbocycles. The quantitative estimate of drug-likeness (QED) is 0.806. The molecule has 1 aliphatic heterocycles. The fourth-order valence-corrected chi connectivity index (χ4v) is 3.21. The van der Waals surface area contributed by atoms with Gasteiger partial charge < -0.3 is 15.4 Å². The van der Waals surface area contributed by atoms with Gasteiger partial charge in [0.05, 0.1) is 6.54 Å². The van der Waals surface area contributed by atoms with Gasteiger partial charge in [-0.1, -0.05) is 19.1 Å². The van der Waals surface area contributed by atoms with Crippen LogP contribution in [0.5, 0.6) is 5.75 Å². The number of amides is 1. The molecule has 2 rings (SSSR count). The van der Waals surface area contributed by atoms with E-state index in [1.165, 1.54) is 6.07 Å². The third-order valence-corrected chi connectivity index (χ3v) is 4.67. The maximum Gasteiger partial charge on any atom is 0.221 e. The average Bonchev–Trinajstić information content (AvgIpc) is 2.54. The molecule has 2 N–H and O–H groups in total. The molecule has 1 saturated heterocycles. The Balaban J connectivity index is 1.75. The number of carbonyl (C=O) groups is 1. The van der Waals surface area contributed by atoms with E-state index in [4.69, 9.17) is 4.74 Å². The number of ether oxygens (including phenoxy) is 1. The van der Waals surface area contributed by atoms with Crippen LogP contribution >= 0.6 is 11.8 Å². The molecule has 1 aromatic rings. The standard InChI is InChI=1S/C16H23FN2O2S/c1-2-13(21-15-6-4-3-5-14(15)17)10-19-16(20)9-12-11-22-8-7-18-12/h3-6,12-13,18H,2,7-11H2,1H3,(H,19,20). The number of hydrogen-bond acceptors (Lipinski definition) is 4. The Labute approximate surface area is 135 Å². The van der Waals surface area contributed by atoms with Crippen molar-refractivity contribution < 1.29 is 13.9 Å². The SMILES string of the molecule is CCC(CNC(=O)CC1CSCCN1)Oc1ccccc1F. The molecule has 2 unspecified atom stereocenters. The number of halogens is 1. The first-order valence-corrected chi connectivity index (χ1v) is 8.83. The van der Waals surface area contributed by atoms with Gasteiger partial charge in [-0.3, -0.25) is 4.79 Å². The van der Waals surface area contributed by atoms with Crippen molar-refractivity contribution in [1.29, 1.82) is 0 Å². The summed E-state index contributed by atoms with van der Waals surface area (Å²) in [6.07, 6.45) is 0.949. The van der Waals surface area contributed by atoms with E-state index in [-0.39, 0.29) is 29.6 Å². The Bertz CT molecular complexity index is 481. The van der Waals surface area contributed by atoms with Crippen LogP contribution in [0.4, 0.5) is 4.39 Å². The number of thioether (sulfide) groups is 1. The van der Waals surface area contributed by atoms with Crippen LogP contribution in [-0.2, 0) is 4.79 Å². The highest BCUT2D eigenvalue weighted by atomic mass is 32.2. The van der Waals surface area contributed by atoms with Crippen molar-refractivity contribution in [2.45, 2.75) is 31.9 Å².